The number of esters is 3. The zero-order valence-corrected chi connectivity index (χ0v) is 40.4. The van der Waals surface area contributed by atoms with Gasteiger partial charge in [0, 0.05) is 19.3 Å². The molecule has 0 rings (SSSR count). The molecule has 0 amide bonds. The zero-order chi connectivity index (χ0) is 45.1. The molecule has 0 aliphatic carbocycles. The largest absolute Gasteiger partial charge is 0.462 e. The fourth-order valence-corrected chi connectivity index (χ4v) is 6.75. The molecule has 354 valence electrons. The molecule has 6 nitrogen and oxygen atoms in total. The summed E-state index contributed by atoms with van der Waals surface area (Å²) in [6, 6.07) is 0. The Morgan fingerprint density at radius 3 is 1.00 bits per heavy atom. The maximum Gasteiger partial charge on any atom is 0.306 e. The van der Waals surface area contributed by atoms with E-state index in [1.54, 1.807) is 0 Å². The minimum atomic E-state index is -0.797. The molecular formula is C56H94O6. The van der Waals surface area contributed by atoms with Crippen LogP contribution in [0.3, 0.4) is 0 Å². The highest BCUT2D eigenvalue weighted by molar-refractivity contribution is 5.71. The third-order valence-corrected chi connectivity index (χ3v) is 10.6. The van der Waals surface area contributed by atoms with E-state index in [2.05, 4.69) is 106 Å². The van der Waals surface area contributed by atoms with Gasteiger partial charge in [-0.05, 0) is 116 Å². The SMILES string of the molecule is CC/C=C\C/C=C\C/C=C\C/C=C\CCCCCCC(=O)OCC(COC(=O)CCCCCCC/C=C\CCCCC)OC(=O)CCCCCCC/C=C\C/C=C\CCCCC. The Balaban J connectivity index is 4.46. The Kier molecular flexibility index (Phi) is 47.5. The van der Waals surface area contributed by atoms with Crippen molar-refractivity contribution in [2.45, 2.75) is 239 Å². The summed E-state index contributed by atoms with van der Waals surface area (Å²) in [5, 5.41) is 0. The lowest BCUT2D eigenvalue weighted by atomic mass is 10.1. The van der Waals surface area contributed by atoms with Gasteiger partial charge in [-0.2, -0.15) is 0 Å². The zero-order valence-electron chi connectivity index (χ0n) is 40.4. The molecule has 62 heavy (non-hydrogen) atoms. The molecule has 0 aromatic rings. The third kappa shape index (κ3) is 47.6. The summed E-state index contributed by atoms with van der Waals surface area (Å²) in [6.45, 7) is 6.43. The van der Waals surface area contributed by atoms with Crippen LogP contribution in [0.2, 0.25) is 0 Å². The molecule has 1 atom stereocenters. The number of hydrogen-bond donors (Lipinski definition) is 0. The van der Waals surface area contributed by atoms with Gasteiger partial charge < -0.3 is 14.2 Å². The van der Waals surface area contributed by atoms with Crippen LogP contribution >= 0.6 is 0 Å². The van der Waals surface area contributed by atoms with Crippen molar-refractivity contribution in [1.29, 1.82) is 0 Å². The van der Waals surface area contributed by atoms with Crippen LogP contribution in [0.4, 0.5) is 0 Å². The molecule has 0 heterocycles. The lowest BCUT2D eigenvalue weighted by Crippen LogP contribution is -2.30. The van der Waals surface area contributed by atoms with Gasteiger partial charge in [0.25, 0.3) is 0 Å². The van der Waals surface area contributed by atoms with E-state index in [1.165, 1.54) is 64.2 Å². The van der Waals surface area contributed by atoms with Crippen LogP contribution in [-0.2, 0) is 28.6 Å². The number of ether oxygens (including phenoxy) is 3. The summed E-state index contributed by atoms with van der Waals surface area (Å²) in [5.41, 5.74) is 0. The van der Waals surface area contributed by atoms with Gasteiger partial charge in [-0.1, -0.05) is 183 Å². The molecule has 0 fully saturated rings. The van der Waals surface area contributed by atoms with Crippen LogP contribution in [0, 0.1) is 0 Å². The van der Waals surface area contributed by atoms with E-state index < -0.39 is 6.10 Å². The van der Waals surface area contributed by atoms with Gasteiger partial charge in [-0.15, -0.1) is 0 Å². The van der Waals surface area contributed by atoms with Crippen molar-refractivity contribution in [3.05, 3.63) is 85.1 Å². The summed E-state index contributed by atoms with van der Waals surface area (Å²) in [7, 11) is 0. The van der Waals surface area contributed by atoms with Crippen molar-refractivity contribution in [3.8, 4) is 0 Å². The number of hydrogen-bond acceptors (Lipinski definition) is 6. The van der Waals surface area contributed by atoms with Crippen LogP contribution in [0.5, 0.6) is 0 Å². The molecular weight excluding hydrogens is 769 g/mol. The highest BCUT2D eigenvalue weighted by Gasteiger charge is 2.19. The van der Waals surface area contributed by atoms with Crippen LogP contribution in [-0.4, -0.2) is 37.2 Å². The minimum absolute atomic E-state index is 0.0953. The quantitative estimate of drug-likeness (QED) is 0.0263. The average molecular weight is 863 g/mol. The number of rotatable bonds is 45. The first-order chi connectivity index (χ1) is 30.5. The van der Waals surface area contributed by atoms with Gasteiger partial charge in [0.1, 0.15) is 13.2 Å². The topological polar surface area (TPSA) is 78.9 Å². The predicted molar refractivity (Wildman–Crippen MR) is 265 cm³/mol. The highest BCUT2D eigenvalue weighted by atomic mass is 16.6. The second kappa shape index (κ2) is 50.2. The highest BCUT2D eigenvalue weighted by Crippen LogP contribution is 2.13. The van der Waals surface area contributed by atoms with Crippen molar-refractivity contribution in [2.75, 3.05) is 13.2 Å². The average Bonchev–Trinajstić information content (AvgIpc) is 3.27. The van der Waals surface area contributed by atoms with Gasteiger partial charge in [0.05, 0.1) is 0 Å². The normalized spacial score (nSPS) is 12.8. The van der Waals surface area contributed by atoms with Crippen molar-refractivity contribution >= 4 is 17.9 Å². The van der Waals surface area contributed by atoms with Crippen molar-refractivity contribution in [2.24, 2.45) is 0 Å². The predicted octanol–water partition coefficient (Wildman–Crippen LogP) is 16.8. The maximum atomic E-state index is 12.8. The molecule has 6 heteroatoms. The summed E-state index contributed by atoms with van der Waals surface area (Å²) in [5.74, 6) is -0.944. The molecule has 0 aromatic heterocycles. The van der Waals surface area contributed by atoms with Crippen LogP contribution < -0.4 is 0 Å². The number of carbonyl (C=O) groups excluding carboxylic acids is 3. The number of carbonyl (C=O) groups is 3. The van der Waals surface area contributed by atoms with E-state index in [0.717, 1.165) is 128 Å². The molecule has 0 aliphatic rings. The number of unbranched alkanes of at least 4 members (excludes halogenated alkanes) is 20. The fraction of sp³-hybridized carbons (Fsp3) is 0.696. The molecule has 0 saturated carbocycles. The van der Waals surface area contributed by atoms with E-state index in [-0.39, 0.29) is 31.1 Å². The maximum absolute atomic E-state index is 12.8. The van der Waals surface area contributed by atoms with E-state index in [9.17, 15) is 14.4 Å². The molecule has 0 N–H and O–H groups in total. The van der Waals surface area contributed by atoms with E-state index >= 15 is 0 Å². The number of allylic oxidation sites excluding steroid dienone is 14. The van der Waals surface area contributed by atoms with Crippen LogP contribution in [0.1, 0.15) is 233 Å². The van der Waals surface area contributed by atoms with Gasteiger partial charge in [-0.3, -0.25) is 14.4 Å². The van der Waals surface area contributed by atoms with Gasteiger partial charge in [0.2, 0.25) is 0 Å². The van der Waals surface area contributed by atoms with Gasteiger partial charge >= 0.3 is 17.9 Å². The Hall–Kier alpha value is -3.41. The van der Waals surface area contributed by atoms with Gasteiger partial charge in [-0.25, -0.2) is 0 Å². The second-order valence-corrected chi connectivity index (χ2v) is 16.7. The summed E-state index contributed by atoms with van der Waals surface area (Å²) in [6.07, 6.45) is 64.2. The fourth-order valence-electron chi connectivity index (χ4n) is 6.75. The Bertz CT molecular complexity index is 1220. The van der Waals surface area contributed by atoms with Crippen LogP contribution in [0.25, 0.3) is 0 Å². The second-order valence-electron chi connectivity index (χ2n) is 16.7. The lowest BCUT2D eigenvalue weighted by Gasteiger charge is -2.18. The molecule has 0 bridgehead atoms. The Labute approximate surface area is 382 Å². The summed E-state index contributed by atoms with van der Waals surface area (Å²) >= 11 is 0. The summed E-state index contributed by atoms with van der Waals surface area (Å²) in [4.78, 5) is 37.9. The van der Waals surface area contributed by atoms with E-state index in [0.29, 0.717) is 19.3 Å². The van der Waals surface area contributed by atoms with E-state index in [1.807, 2.05) is 0 Å². The molecule has 0 aromatic carbocycles. The van der Waals surface area contributed by atoms with Crippen molar-refractivity contribution in [1.82, 2.24) is 0 Å². The van der Waals surface area contributed by atoms with E-state index in [4.69, 9.17) is 14.2 Å². The van der Waals surface area contributed by atoms with Crippen molar-refractivity contribution in [3.63, 3.8) is 0 Å². The minimum Gasteiger partial charge on any atom is -0.462 e. The molecule has 0 spiro atoms. The molecule has 0 saturated heterocycles. The first kappa shape index (κ1) is 58.6. The Morgan fingerprint density at radius 2 is 0.629 bits per heavy atom. The monoisotopic (exact) mass is 863 g/mol. The third-order valence-electron chi connectivity index (χ3n) is 10.6. The first-order valence-electron chi connectivity index (χ1n) is 25.6. The molecule has 0 radical (unpaired) electrons. The first-order valence-corrected chi connectivity index (χ1v) is 25.6. The Morgan fingerprint density at radius 1 is 0.339 bits per heavy atom. The standard InChI is InChI=1S/C56H94O6/c1-4-7-10-13-16-19-22-25-27-28-30-31-34-37-40-43-46-49-55(58)61-52-53(51-60-54(57)48-45-42-39-36-33-24-21-18-15-12-9-6-3)62-56(59)50-47-44-41-38-35-32-29-26-23-20-17-14-11-8-5-2/h7,10,16-21,25-27,29-31,53H,4-6,8-9,11-15,22-24,28,32-52H2,1-3H3/b10-7-,19-16-,20-17-,21-18-,27-25-,29-26-,31-30-. The lowest BCUT2D eigenvalue weighted by molar-refractivity contribution is -0.167. The molecule has 0 aliphatic heterocycles. The smallest absolute Gasteiger partial charge is 0.306 e. The van der Waals surface area contributed by atoms with Crippen molar-refractivity contribution < 1.29 is 28.6 Å². The molecule has 1 unspecified atom stereocenters. The van der Waals surface area contributed by atoms with Gasteiger partial charge in [0.15, 0.2) is 6.10 Å². The van der Waals surface area contributed by atoms with Crippen LogP contribution in [0.15, 0.2) is 85.1 Å². The summed E-state index contributed by atoms with van der Waals surface area (Å²) < 4.78 is 16.8.